The number of nitrogens with zero attached hydrogens (tertiary/aromatic N) is 3. The average molecular weight is 443 g/mol. The summed E-state index contributed by atoms with van der Waals surface area (Å²) in [6.45, 7) is 4.11. The summed E-state index contributed by atoms with van der Waals surface area (Å²) in [5, 5.41) is 22.0. The van der Waals surface area contributed by atoms with E-state index in [4.69, 9.17) is 0 Å². The Hall–Kier alpha value is -4.33. The fourth-order valence-electron chi connectivity index (χ4n) is 3.83. The molecule has 0 radical (unpaired) electrons. The SMILES string of the molecule is CC(C)c1ccc(N2C(=O)C(=O)/C(=C(\O)c3ccc([N+](=O)[O-])cc3)C2c2ccccn2)cc1. The Bertz CT molecular complexity index is 1250. The second kappa shape index (κ2) is 8.66. The summed E-state index contributed by atoms with van der Waals surface area (Å²) in [5.74, 6) is -1.76. The Labute approximate surface area is 190 Å². The molecule has 1 aliphatic heterocycles. The first-order valence-corrected chi connectivity index (χ1v) is 10.4. The molecule has 1 aromatic heterocycles. The predicted octanol–water partition coefficient (Wildman–Crippen LogP) is 4.74. The number of nitro groups is 1. The molecular weight excluding hydrogens is 422 g/mol. The van der Waals surface area contributed by atoms with Crippen molar-refractivity contribution in [3.05, 3.63) is 105 Å². The van der Waals surface area contributed by atoms with Crippen molar-refractivity contribution in [3.8, 4) is 0 Å². The monoisotopic (exact) mass is 443 g/mol. The summed E-state index contributed by atoms with van der Waals surface area (Å²) in [7, 11) is 0. The number of aromatic nitrogens is 1. The van der Waals surface area contributed by atoms with E-state index in [2.05, 4.69) is 18.8 Å². The maximum Gasteiger partial charge on any atom is 0.300 e. The van der Waals surface area contributed by atoms with Crippen LogP contribution in [-0.2, 0) is 9.59 Å². The van der Waals surface area contributed by atoms with Gasteiger partial charge in [-0.3, -0.25) is 29.6 Å². The molecule has 8 nitrogen and oxygen atoms in total. The van der Waals surface area contributed by atoms with Crippen LogP contribution in [0.25, 0.3) is 5.76 Å². The highest BCUT2D eigenvalue weighted by Crippen LogP contribution is 2.41. The maximum absolute atomic E-state index is 13.1. The summed E-state index contributed by atoms with van der Waals surface area (Å²) in [6, 6.07) is 16.6. The number of non-ortho nitro benzene ring substituents is 1. The number of aliphatic hydroxyl groups excluding tert-OH is 1. The van der Waals surface area contributed by atoms with Gasteiger partial charge in [-0.05, 0) is 47.9 Å². The number of carbonyl (C=O) groups excluding carboxylic acids is 2. The maximum atomic E-state index is 13.1. The van der Waals surface area contributed by atoms with E-state index in [0.717, 1.165) is 5.56 Å². The van der Waals surface area contributed by atoms with Gasteiger partial charge in [-0.25, -0.2) is 0 Å². The number of amides is 1. The van der Waals surface area contributed by atoms with E-state index in [9.17, 15) is 24.8 Å². The van der Waals surface area contributed by atoms with E-state index in [0.29, 0.717) is 17.3 Å². The van der Waals surface area contributed by atoms with Gasteiger partial charge in [-0.2, -0.15) is 0 Å². The number of hydrogen-bond acceptors (Lipinski definition) is 6. The zero-order valence-electron chi connectivity index (χ0n) is 18.0. The second-order valence-electron chi connectivity index (χ2n) is 7.97. The minimum absolute atomic E-state index is 0.125. The Morgan fingerprint density at radius 1 is 1.03 bits per heavy atom. The third kappa shape index (κ3) is 3.98. The zero-order valence-corrected chi connectivity index (χ0v) is 18.0. The first-order chi connectivity index (χ1) is 15.8. The quantitative estimate of drug-likeness (QED) is 0.200. The number of hydrogen-bond donors (Lipinski definition) is 1. The van der Waals surface area contributed by atoms with Crippen LogP contribution < -0.4 is 4.90 Å². The van der Waals surface area contributed by atoms with Crippen LogP contribution in [0, 0.1) is 10.1 Å². The van der Waals surface area contributed by atoms with Crippen molar-refractivity contribution < 1.29 is 19.6 Å². The predicted molar refractivity (Wildman–Crippen MR) is 123 cm³/mol. The number of aliphatic hydroxyl groups is 1. The fourth-order valence-corrected chi connectivity index (χ4v) is 3.83. The molecule has 3 aromatic rings. The van der Waals surface area contributed by atoms with Gasteiger partial charge in [0.2, 0.25) is 0 Å². The van der Waals surface area contributed by atoms with E-state index in [1.807, 2.05) is 12.1 Å². The summed E-state index contributed by atoms with van der Waals surface area (Å²) < 4.78 is 0. The molecule has 1 unspecified atom stereocenters. The van der Waals surface area contributed by atoms with Crippen LogP contribution >= 0.6 is 0 Å². The molecule has 1 N–H and O–H groups in total. The molecule has 0 aliphatic carbocycles. The number of pyridine rings is 1. The van der Waals surface area contributed by atoms with Crippen molar-refractivity contribution in [1.29, 1.82) is 0 Å². The number of anilines is 1. The highest BCUT2D eigenvalue weighted by Gasteiger charge is 2.47. The van der Waals surface area contributed by atoms with Crippen LogP contribution in [0.3, 0.4) is 0 Å². The molecule has 1 aliphatic rings. The van der Waals surface area contributed by atoms with Gasteiger partial charge in [0.1, 0.15) is 11.8 Å². The molecule has 2 heterocycles. The van der Waals surface area contributed by atoms with Crippen molar-refractivity contribution in [2.45, 2.75) is 25.8 Å². The van der Waals surface area contributed by atoms with Crippen molar-refractivity contribution in [2.75, 3.05) is 4.90 Å². The average Bonchev–Trinajstić information content (AvgIpc) is 3.09. The summed E-state index contributed by atoms with van der Waals surface area (Å²) in [5.41, 5.74) is 1.90. The third-order valence-corrected chi connectivity index (χ3v) is 5.60. The summed E-state index contributed by atoms with van der Waals surface area (Å²) in [4.78, 5) is 42.3. The number of benzene rings is 2. The smallest absolute Gasteiger partial charge is 0.300 e. The van der Waals surface area contributed by atoms with Crippen molar-refractivity contribution >= 4 is 28.8 Å². The standard InChI is InChI=1S/C25H21N3O5/c1-15(2)16-6-10-18(11-7-16)27-22(20-5-3-4-14-26-20)21(24(30)25(27)31)23(29)17-8-12-19(13-9-17)28(32)33/h3-15,22,29H,1-2H3/b23-21-. The normalized spacial score (nSPS) is 17.5. The van der Waals surface area contributed by atoms with Gasteiger partial charge in [0.25, 0.3) is 17.4 Å². The molecule has 166 valence electrons. The van der Waals surface area contributed by atoms with Gasteiger partial charge >= 0.3 is 0 Å². The molecule has 0 saturated carbocycles. The number of rotatable bonds is 5. The Morgan fingerprint density at radius 3 is 2.24 bits per heavy atom. The first-order valence-electron chi connectivity index (χ1n) is 10.4. The number of nitro benzene ring substituents is 1. The fraction of sp³-hybridized carbons (Fsp3) is 0.160. The topological polar surface area (TPSA) is 114 Å². The van der Waals surface area contributed by atoms with Crippen molar-refractivity contribution in [3.63, 3.8) is 0 Å². The van der Waals surface area contributed by atoms with Gasteiger partial charge in [0.15, 0.2) is 0 Å². The van der Waals surface area contributed by atoms with Crippen LogP contribution in [-0.4, -0.2) is 26.7 Å². The van der Waals surface area contributed by atoms with Crippen LogP contribution in [0.4, 0.5) is 11.4 Å². The lowest BCUT2D eigenvalue weighted by atomic mass is 9.97. The minimum atomic E-state index is -0.953. The van der Waals surface area contributed by atoms with Crippen molar-refractivity contribution in [2.24, 2.45) is 0 Å². The molecule has 1 atom stereocenters. The lowest BCUT2D eigenvalue weighted by Crippen LogP contribution is -2.29. The molecule has 33 heavy (non-hydrogen) atoms. The molecule has 2 aromatic carbocycles. The molecule has 0 spiro atoms. The summed E-state index contributed by atoms with van der Waals surface area (Å²) >= 11 is 0. The van der Waals surface area contributed by atoms with Gasteiger partial charge in [-0.15, -0.1) is 0 Å². The molecule has 4 rings (SSSR count). The van der Waals surface area contributed by atoms with Gasteiger partial charge in [0, 0.05) is 29.6 Å². The number of Topliss-reactive ketones (excluding diaryl/α,β-unsaturated/α-hetero) is 1. The highest BCUT2D eigenvalue weighted by atomic mass is 16.6. The first kappa shape index (κ1) is 21.9. The van der Waals surface area contributed by atoms with Crippen LogP contribution in [0.15, 0.2) is 78.5 Å². The lowest BCUT2D eigenvalue weighted by molar-refractivity contribution is -0.384. The number of carbonyl (C=O) groups is 2. The van der Waals surface area contributed by atoms with E-state index in [-0.39, 0.29) is 16.8 Å². The van der Waals surface area contributed by atoms with Gasteiger partial charge < -0.3 is 5.11 Å². The van der Waals surface area contributed by atoms with E-state index in [1.54, 1.807) is 36.5 Å². The van der Waals surface area contributed by atoms with Gasteiger partial charge in [0.05, 0.1) is 16.2 Å². The largest absolute Gasteiger partial charge is 0.507 e. The van der Waals surface area contributed by atoms with E-state index >= 15 is 0 Å². The number of ketones is 1. The highest BCUT2D eigenvalue weighted by molar-refractivity contribution is 6.51. The lowest BCUT2D eigenvalue weighted by Gasteiger charge is -2.25. The van der Waals surface area contributed by atoms with Crippen LogP contribution in [0.1, 0.15) is 42.6 Å². The van der Waals surface area contributed by atoms with Crippen molar-refractivity contribution in [1.82, 2.24) is 4.98 Å². The van der Waals surface area contributed by atoms with E-state index in [1.165, 1.54) is 29.2 Å². The molecular formula is C25H21N3O5. The molecule has 0 bridgehead atoms. The Morgan fingerprint density at radius 2 is 1.70 bits per heavy atom. The third-order valence-electron chi connectivity index (χ3n) is 5.60. The molecule has 1 saturated heterocycles. The van der Waals surface area contributed by atoms with Crippen LogP contribution in [0.5, 0.6) is 0 Å². The summed E-state index contributed by atoms with van der Waals surface area (Å²) in [6.07, 6.45) is 1.54. The zero-order chi connectivity index (χ0) is 23.7. The Balaban J connectivity index is 1.87. The molecule has 1 amide bonds. The second-order valence-corrected chi connectivity index (χ2v) is 7.97. The molecule has 1 fully saturated rings. The molecule has 8 heteroatoms. The van der Waals surface area contributed by atoms with Crippen LogP contribution in [0.2, 0.25) is 0 Å². The minimum Gasteiger partial charge on any atom is -0.507 e. The Kier molecular flexibility index (Phi) is 5.74. The van der Waals surface area contributed by atoms with Gasteiger partial charge in [-0.1, -0.05) is 32.0 Å². The van der Waals surface area contributed by atoms with E-state index < -0.39 is 28.4 Å².